The number of amides is 1. The fourth-order valence-electron chi connectivity index (χ4n) is 3.47. The van der Waals surface area contributed by atoms with Gasteiger partial charge in [0.15, 0.2) is 0 Å². The standard InChI is InChI=1S/C19H20N2O4S/c22-19-17-8-4-5-9-18(17)26(23,24)21(19)14-16-13-20(10-11-25-16)12-15-6-2-1-3-7-15/h1-9,16H,10-14H2/t16-/m1/s1. The van der Waals surface area contributed by atoms with E-state index in [0.717, 1.165) is 17.4 Å². The molecule has 0 unspecified atom stereocenters. The molecule has 136 valence electrons. The molecule has 1 atom stereocenters. The zero-order chi connectivity index (χ0) is 18.1. The summed E-state index contributed by atoms with van der Waals surface area (Å²) in [5, 5.41) is 0. The van der Waals surface area contributed by atoms with Crippen LogP contribution in [-0.2, 0) is 21.3 Å². The molecule has 0 radical (unpaired) electrons. The van der Waals surface area contributed by atoms with Crippen LogP contribution in [-0.4, -0.2) is 55.9 Å². The number of fused-ring (bicyclic) bond motifs is 1. The van der Waals surface area contributed by atoms with Crippen molar-refractivity contribution in [3.63, 3.8) is 0 Å². The second-order valence-corrected chi connectivity index (χ2v) is 8.38. The van der Waals surface area contributed by atoms with E-state index in [9.17, 15) is 13.2 Å². The second kappa shape index (κ2) is 6.83. The van der Waals surface area contributed by atoms with Crippen LogP contribution in [0.4, 0.5) is 0 Å². The molecule has 6 nitrogen and oxygen atoms in total. The molecule has 2 aliphatic rings. The Morgan fingerprint density at radius 3 is 2.54 bits per heavy atom. The molecule has 0 saturated carbocycles. The molecular formula is C19H20N2O4S. The van der Waals surface area contributed by atoms with Crippen molar-refractivity contribution in [2.24, 2.45) is 0 Å². The molecule has 2 aliphatic heterocycles. The van der Waals surface area contributed by atoms with Gasteiger partial charge in [0.25, 0.3) is 15.9 Å². The second-order valence-electron chi connectivity index (χ2n) is 6.55. The number of carbonyl (C=O) groups is 1. The van der Waals surface area contributed by atoms with E-state index in [1.165, 1.54) is 11.6 Å². The lowest BCUT2D eigenvalue weighted by atomic mass is 10.2. The third kappa shape index (κ3) is 3.13. The first-order valence-electron chi connectivity index (χ1n) is 8.60. The highest BCUT2D eigenvalue weighted by Gasteiger charge is 2.42. The van der Waals surface area contributed by atoms with Crippen LogP contribution in [0.25, 0.3) is 0 Å². The highest BCUT2D eigenvalue weighted by atomic mass is 32.2. The zero-order valence-electron chi connectivity index (χ0n) is 14.2. The van der Waals surface area contributed by atoms with Crippen LogP contribution >= 0.6 is 0 Å². The van der Waals surface area contributed by atoms with Gasteiger partial charge in [-0.2, -0.15) is 0 Å². The van der Waals surface area contributed by atoms with Crippen molar-refractivity contribution in [3.8, 4) is 0 Å². The highest BCUT2D eigenvalue weighted by molar-refractivity contribution is 7.90. The molecule has 26 heavy (non-hydrogen) atoms. The van der Waals surface area contributed by atoms with Crippen molar-refractivity contribution in [3.05, 3.63) is 65.7 Å². The van der Waals surface area contributed by atoms with Gasteiger partial charge in [0, 0.05) is 19.6 Å². The van der Waals surface area contributed by atoms with Crippen molar-refractivity contribution in [1.82, 2.24) is 9.21 Å². The summed E-state index contributed by atoms with van der Waals surface area (Å²) in [7, 11) is -3.79. The first-order valence-corrected chi connectivity index (χ1v) is 10.0. The third-order valence-electron chi connectivity index (χ3n) is 4.75. The van der Waals surface area contributed by atoms with Crippen LogP contribution in [0.3, 0.4) is 0 Å². The molecule has 2 aromatic rings. The molecule has 0 bridgehead atoms. The largest absolute Gasteiger partial charge is 0.374 e. The molecular weight excluding hydrogens is 352 g/mol. The monoisotopic (exact) mass is 372 g/mol. The number of benzene rings is 2. The first kappa shape index (κ1) is 17.2. The number of sulfonamides is 1. The lowest BCUT2D eigenvalue weighted by Gasteiger charge is -2.34. The van der Waals surface area contributed by atoms with Crippen molar-refractivity contribution in [1.29, 1.82) is 0 Å². The van der Waals surface area contributed by atoms with E-state index in [0.29, 0.717) is 13.2 Å². The van der Waals surface area contributed by atoms with E-state index in [1.54, 1.807) is 18.2 Å². The molecule has 7 heteroatoms. The summed E-state index contributed by atoms with van der Waals surface area (Å²) in [6.45, 7) is 2.71. The summed E-state index contributed by atoms with van der Waals surface area (Å²) in [6, 6.07) is 16.4. The van der Waals surface area contributed by atoms with Gasteiger partial charge >= 0.3 is 0 Å². The Labute approximate surface area is 153 Å². The maximum absolute atomic E-state index is 12.7. The number of ether oxygens (including phenoxy) is 1. The average Bonchev–Trinajstić information content (AvgIpc) is 2.84. The number of morpholine rings is 1. The van der Waals surface area contributed by atoms with Gasteiger partial charge in [0.05, 0.1) is 24.8 Å². The minimum atomic E-state index is -3.79. The number of carbonyl (C=O) groups excluding carboxylic acids is 1. The third-order valence-corrected chi connectivity index (χ3v) is 6.56. The Morgan fingerprint density at radius 1 is 1.04 bits per heavy atom. The van der Waals surface area contributed by atoms with Gasteiger partial charge < -0.3 is 4.74 Å². The average molecular weight is 372 g/mol. The molecule has 1 saturated heterocycles. The lowest BCUT2D eigenvalue weighted by Crippen LogP contribution is -2.48. The topological polar surface area (TPSA) is 66.9 Å². The molecule has 1 fully saturated rings. The molecule has 0 aromatic heterocycles. The lowest BCUT2D eigenvalue weighted by molar-refractivity contribution is -0.0359. The normalized spacial score (nSPS) is 22.4. The summed E-state index contributed by atoms with van der Waals surface area (Å²) < 4.78 is 32.1. The van der Waals surface area contributed by atoms with Crippen LogP contribution in [0.2, 0.25) is 0 Å². The summed E-state index contributed by atoms with van der Waals surface area (Å²) >= 11 is 0. The maximum atomic E-state index is 12.7. The molecule has 0 aliphatic carbocycles. The Morgan fingerprint density at radius 2 is 1.77 bits per heavy atom. The van der Waals surface area contributed by atoms with Crippen molar-refractivity contribution in [2.75, 3.05) is 26.2 Å². The van der Waals surface area contributed by atoms with Crippen LogP contribution in [0, 0.1) is 0 Å². The van der Waals surface area contributed by atoms with Gasteiger partial charge in [-0.1, -0.05) is 42.5 Å². The minimum Gasteiger partial charge on any atom is -0.374 e. The minimum absolute atomic E-state index is 0.0428. The first-order chi connectivity index (χ1) is 12.6. The van der Waals surface area contributed by atoms with E-state index in [1.807, 2.05) is 18.2 Å². The predicted octanol–water partition coefficient (Wildman–Crippen LogP) is 1.73. The van der Waals surface area contributed by atoms with Crippen LogP contribution in [0.15, 0.2) is 59.5 Å². The van der Waals surface area contributed by atoms with Crippen molar-refractivity contribution >= 4 is 15.9 Å². The van der Waals surface area contributed by atoms with Crippen LogP contribution in [0.5, 0.6) is 0 Å². The summed E-state index contributed by atoms with van der Waals surface area (Å²) in [4.78, 5) is 14.8. The smallest absolute Gasteiger partial charge is 0.269 e. The van der Waals surface area contributed by atoms with Gasteiger partial charge in [-0.15, -0.1) is 0 Å². The Hall–Kier alpha value is -2.22. The van der Waals surface area contributed by atoms with Gasteiger partial charge in [-0.25, -0.2) is 12.7 Å². The van der Waals surface area contributed by atoms with Crippen molar-refractivity contribution < 1.29 is 17.9 Å². The quantitative estimate of drug-likeness (QED) is 0.818. The van der Waals surface area contributed by atoms with Gasteiger partial charge in [0.1, 0.15) is 4.90 Å². The molecule has 2 aromatic carbocycles. The van der Waals surface area contributed by atoms with E-state index < -0.39 is 15.9 Å². The van der Waals surface area contributed by atoms with Crippen molar-refractivity contribution in [2.45, 2.75) is 17.5 Å². The molecule has 0 spiro atoms. The van der Waals surface area contributed by atoms with Gasteiger partial charge in [0.2, 0.25) is 0 Å². The Balaban J connectivity index is 1.47. The summed E-state index contributed by atoms with van der Waals surface area (Å²) in [6.07, 6.45) is -0.333. The maximum Gasteiger partial charge on any atom is 0.269 e. The van der Waals surface area contributed by atoms with E-state index >= 15 is 0 Å². The Kier molecular flexibility index (Phi) is 4.52. The summed E-state index contributed by atoms with van der Waals surface area (Å²) in [5.74, 6) is -0.468. The number of hydrogen-bond acceptors (Lipinski definition) is 5. The van der Waals surface area contributed by atoms with Gasteiger partial charge in [-0.05, 0) is 17.7 Å². The molecule has 0 N–H and O–H groups in total. The molecule has 2 heterocycles. The van der Waals surface area contributed by atoms with E-state index in [4.69, 9.17) is 4.74 Å². The summed E-state index contributed by atoms with van der Waals surface area (Å²) in [5.41, 5.74) is 1.44. The number of nitrogens with zero attached hydrogens (tertiary/aromatic N) is 2. The fraction of sp³-hybridized carbons (Fsp3) is 0.316. The SMILES string of the molecule is O=C1c2ccccc2S(=O)(=O)N1C[C@H]1CN(Cc2ccccc2)CCO1. The zero-order valence-corrected chi connectivity index (χ0v) is 15.1. The fourth-order valence-corrected chi connectivity index (χ4v) is 5.07. The highest BCUT2D eigenvalue weighted by Crippen LogP contribution is 2.30. The predicted molar refractivity (Wildman–Crippen MR) is 96.1 cm³/mol. The molecule has 1 amide bonds. The van der Waals surface area contributed by atoms with Crippen LogP contribution in [0.1, 0.15) is 15.9 Å². The van der Waals surface area contributed by atoms with Crippen LogP contribution < -0.4 is 0 Å². The molecule has 4 rings (SSSR count). The van der Waals surface area contributed by atoms with E-state index in [-0.39, 0.29) is 23.1 Å². The number of hydrogen-bond donors (Lipinski definition) is 0. The number of rotatable bonds is 4. The Bertz CT molecular complexity index is 914. The van der Waals surface area contributed by atoms with E-state index in [2.05, 4.69) is 17.0 Å². The van der Waals surface area contributed by atoms with Gasteiger partial charge in [-0.3, -0.25) is 9.69 Å².